The second-order valence-corrected chi connectivity index (χ2v) is 4.66. The summed E-state index contributed by atoms with van der Waals surface area (Å²) >= 11 is 0. The highest BCUT2D eigenvalue weighted by atomic mass is 16.5. The number of nitrogen functional groups attached to an aromatic ring is 1. The molecule has 1 atom stereocenters. The Morgan fingerprint density at radius 1 is 1.30 bits per heavy atom. The zero-order chi connectivity index (χ0) is 14.4. The number of anilines is 1. The Labute approximate surface area is 118 Å². The zero-order valence-corrected chi connectivity index (χ0v) is 11.5. The Hall–Kier alpha value is -2.36. The van der Waals surface area contributed by atoms with Crippen molar-refractivity contribution in [3.8, 4) is 0 Å². The Bertz CT molecular complexity index is 570. The van der Waals surface area contributed by atoms with E-state index < -0.39 is 0 Å². The first-order valence-electron chi connectivity index (χ1n) is 6.58. The first kappa shape index (κ1) is 14.1. The highest BCUT2D eigenvalue weighted by Crippen LogP contribution is 2.19. The van der Waals surface area contributed by atoms with Crippen molar-refractivity contribution in [2.75, 3.05) is 12.3 Å². The van der Waals surface area contributed by atoms with E-state index in [0.29, 0.717) is 18.7 Å². The van der Waals surface area contributed by atoms with Gasteiger partial charge >= 0.3 is 5.97 Å². The Morgan fingerprint density at radius 2 is 2.05 bits per heavy atom. The van der Waals surface area contributed by atoms with E-state index >= 15 is 0 Å². The second-order valence-electron chi connectivity index (χ2n) is 4.66. The molecule has 0 saturated carbocycles. The van der Waals surface area contributed by atoms with Crippen molar-refractivity contribution < 1.29 is 9.53 Å². The van der Waals surface area contributed by atoms with Gasteiger partial charge in [-0.25, -0.2) is 0 Å². The summed E-state index contributed by atoms with van der Waals surface area (Å²) in [6.07, 6.45) is 4.15. The van der Waals surface area contributed by atoms with E-state index in [1.165, 1.54) is 0 Å². The first-order chi connectivity index (χ1) is 9.66. The van der Waals surface area contributed by atoms with Gasteiger partial charge in [-0.3, -0.25) is 9.78 Å². The highest BCUT2D eigenvalue weighted by Gasteiger charge is 2.16. The van der Waals surface area contributed by atoms with Gasteiger partial charge in [-0.15, -0.1) is 0 Å². The standard InChI is InChI=1S/C16H18N2O2/c1-12(14-3-2-4-15(17)11-14)16(19)20-10-7-13-5-8-18-9-6-13/h2-6,8-9,11-12H,7,10,17H2,1H3. The molecule has 0 aliphatic rings. The van der Waals surface area contributed by atoms with Crippen LogP contribution in [0.3, 0.4) is 0 Å². The van der Waals surface area contributed by atoms with E-state index in [1.54, 1.807) is 24.5 Å². The van der Waals surface area contributed by atoms with Crippen molar-refractivity contribution in [1.29, 1.82) is 0 Å². The number of pyridine rings is 1. The molecule has 0 aliphatic heterocycles. The molecule has 0 amide bonds. The molecular formula is C16H18N2O2. The summed E-state index contributed by atoms with van der Waals surface area (Å²) < 4.78 is 5.30. The minimum atomic E-state index is -0.309. The SMILES string of the molecule is CC(C(=O)OCCc1ccncc1)c1cccc(N)c1. The summed E-state index contributed by atoms with van der Waals surface area (Å²) in [7, 11) is 0. The number of carbonyl (C=O) groups is 1. The van der Waals surface area contributed by atoms with Crippen LogP contribution in [-0.2, 0) is 16.0 Å². The molecule has 0 saturated heterocycles. The van der Waals surface area contributed by atoms with Crippen LogP contribution in [0.15, 0.2) is 48.8 Å². The van der Waals surface area contributed by atoms with Crippen LogP contribution in [0.5, 0.6) is 0 Å². The number of esters is 1. The predicted octanol–water partition coefficient (Wildman–Crippen LogP) is 2.55. The van der Waals surface area contributed by atoms with Crippen LogP contribution in [-0.4, -0.2) is 17.6 Å². The third-order valence-electron chi connectivity index (χ3n) is 3.15. The van der Waals surface area contributed by atoms with Crippen molar-refractivity contribution in [3.63, 3.8) is 0 Å². The van der Waals surface area contributed by atoms with Crippen molar-refractivity contribution in [1.82, 2.24) is 4.98 Å². The highest BCUT2D eigenvalue weighted by molar-refractivity contribution is 5.78. The number of carbonyl (C=O) groups excluding carboxylic acids is 1. The second kappa shape index (κ2) is 6.70. The van der Waals surface area contributed by atoms with Gasteiger partial charge in [0.05, 0.1) is 12.5 Å². The van der Waals surface area contributed by atoms with Gasteiger partial charge in [0.15, 0.2) is 0 Å². The lowest BCUT2D eigenvalue weighted by Crippen LogP contribution is -2.15. The van der Waals surface area contributed by atoms with Crippen LogP contribution in [0.4, 0.5) is 5.69 Å². The number of benzene rings is 1. The number of hydrogen-bond acceptors (Lipinski definition) is 4. The molecular weight excluding hydrogens is 252 g/mol. The number of nitrogens with zero attached hydrogens (tertiary/aromatic N) is 1. The first-order valence-corrected chi connectivity index (χ1v) is 6.58. The molecule has 1 unspecified atom stereocenters. The largest absolute Gasteiger partial charge is 0.465 e. The summed E-state index contributed by atoms with van der Waals surface area (Å²) in [5.41, 5.74) is 8.34. The molecule has 0 spiro atoms. The quantitative estimate of drug-likeness (QED) is 0.670. The molecule has 2 rings (SSSR count). The maximum absolute atomic E-state index is 12.0. The number of rotatable bonds is 5. The van der Waals surface area contributed by atoms with E-state index in [0.717, 1.165) is 11.1 Å². The maximum atomic E-state index is 12.0. The van der Waals surface area contributed by atoms with Gasteiger partial charge in [0.1, 0.15) is 0 Å². The molecule has 2 N–H and O–H groups in total. The van der Waals surface area contributed by atoms with Gasteiger partial charge in [-0.2, -0.15) is 0 Å². The fourth-order valence-electron chi connectivity index (χ4n) is 1.91. The van der Waals surface area contributed by atoms with Crippen molar-refractivity contribution in [2.24, 2.45) is 0 Å². The summed E-state index contributed by atoms with van der Waals surface area (Å²) in [5, 5.41) is 0. The molecule has 4 heteroatoms. The van der Waals surface area contributed by atoms with Crippen LogP contribution in [0.25, 0.3) is 0 Å². The molecule has 2 aromatic rings. The minimum Gasteiger partial charge on any atom is -0.465 e. The van der Waals surface area contributed by atoms with Gasteiger partial charge in [0.2, 0.25) is 0 Å². The van der Waals surface area contributed by atoms with E-state index in [2.05, 4.69) is 4.98 Å². The molecule has 4 nitrogen and oxygen atoms in total. The zero-order valence-electron chi connectivity index (χ0n) is 11.5. The number of aromatic nitrogens is 1. The summed E-state index contributed by atoms with van der Waals surface area (Å²) in [6, 6.07) is 11.1. The van der Waals surface area contributed by atoms with Crippen LogP contribution in [0.1, 0.15) is 24.0 Å². The molecule has 20 heavy (non-hydrogen) atoms. The number of nitrogens with two attached hydrogens (primary N) is 1. The van der Waals surface area contributed by atoms with Crippen molar-refractivity contribution in [2.45, 2.75) is 19.3 Å². The topological polar surface area (TPSA) is 65.2 Å². The Balaban J connectivity index is 1.85. The van der Waals surface area contributed by atoms with Crippen LogP contribution >= 0.6 is 0 Å². The molecule has 1 aromatic carbocycles. The monoisotopic (exact) mass is 270 g/mol. The van der Waals surface area contributed by atoms with Crippen molar-refractivity contribution in [3.05, 3.63) is 59.9 Å². The number of hydrogen-bond donors (Lipinski definition) is 1. The van der Waals surface area contributed by atoms with Crippen LogP contribution in [0.2, 0.25) is 0 Å². The molecule has 0 bridgehead atoms. The molecule has 1 heterocycles. The molecule has 104 valence electrons. The van der Waals surface area contributed by atoms with Gasteiger partial charge < -0.3 is 10.5 Å². The lowest BCUT2D eigenvalue weighted by molar-refractivity contribution is -0.144. The number of ether oxygens (including phenoxy) is 1. The average Bonchev–Trinajstić information content (AvgIpc) is 2.47. The fourth-order valence-corrected chi connectivity index (χ4v) is 1.91. The van der Waals surface area contributed by atoms with Crippen molar-refractivity contribution >= 4 is 11.7 Å². The lowest BCUT2D eigenvalue weighted by Gasteiger charge is -2.12. The van der Waals surface area contributed by atoms with Gasteiger partial charge in [-0.1, -0.05) is 12.1 Å². The van der Waals surface area contributed by atoms with Gasteiger partial charge in [0, 0.05) is 24.5 Å². The maximum Gasteiger partial charge on any atom is 0.313 e. The Kier molecular flexibility index (Phi) is 4.71. The van der Waals surface area contributed by atoms with Gasteiger partial charge in [-0.05, 0) is 42.3 Å². The molecule has 0 fully saturated rings. The minimum absolute atomic E-state index is 0.232. The third kappa shape index (κ3) is 3.82. The van der Waals surface area contributed by atoms with E-state index in [9.17, 15) is 4.79 Å². The van der Waals surface area contributed by atoms with E-state index in [-0.39, 0.29) is 11.9 Å². The fraction of sp³-hybridized carbons (Fsp3) is 0.250. The molecule has 0 aliphatic carbocycles. The van der Waals surface area contributed by atoms with E-state index in [4.69, 9.17) is 10.5 Å². The summed E-state index contributed by atoms with van der Waals surface area (Å²) in [4.78, 5) is 15.9. The smallest absolute Gasteiger partial charge is 0.313 e. The van der Waals surface area contributed by atoms with Crippen LogP contribution < -0.4 is 5.73 Å². The average molecular weight is 270 g/mol. The summed E-state index contributed by atoms with van der Waals surface area (Å²) in [6.45, 7) is 2.19. The molecule has 0 radical (unpaired) electrons. The predicted molar refractivity (Wildman–Crippen MR) is 78.2 cm³/mol. The third-order valence-corrected chi connectivity index (χ3v) is 3.15. The van der Waals surface area contributed by atoms with Gasteiger partial charge in [0.25, 0.3) is 0 Å². The van der Waals surface area contributed by atoms with Crippen LogP contribution in [0, 0.1) is 0 Å². The van der Waals surface area contributed by atoms with E-state index in [1.807, 2.05) is 31.2 Å². The normalized spacial score (nSPS) is 11.8. The summed E-state index contributed by atoms with van der Waals surface area (Å²) in [5.74, 6) is -0.541. The Morgan fingerprint density at radius 3 is 2.75 bits per heavy atom. The molecule has 1 aromatic heterocycles. The lowest BCUT2D eigenvalue weighted by atomic mass is 10.0.